The lowest BCUT2D eigenvalue weighted by molar-refractivity contribution is 0.768. The zero-order valence-electron chi connectivity index (χ0n) is 31.6. The van der Waals surface area contributed by atoms with Gasteiger partial charge in [-0.05, 0) is 107 Å². The number of benzene rings is 7. The van der Waals surface area contributed by atoms with Crippen molar-refractivity contribution in [1.82, 2.24) is 4.57 Å². The summed E-state index contributed by atoms with van der Waals surface area (Å²) in [6, 6.07) is 60.6. The number of aromatic nitrogens is 1. The molecule has 0 atom stereocenters. The van der Waals surface area contributed by atoms with Gasteiger partial charge in [-0.2, -0.15) is 0 Å². The molecular formula is C54H42N2. The Hall–Kier alpha value is -6.90. The third-order valence-electron chi connectivity index (χ3n) is 11.7. The van der Waals surface area contributed by atoms with E-state index in [0.717, 1.165) is 41.0 Å². The lowest BCUT2D eigenvalue weighted by atomic mass is 9.68. The van der Waals surface area contributed by atoms with Crippen LogP contribution in [0.1, 0.15) is 53.1 Å². The summed E-state index contributed by atoms with van der Waals surface area (Å²) in [5, 5.41) is 2.48. The molecule has 1 heterocycles. The van der Waals surface area contributed by atoms with Crippen molar-refractivity contribution in [3.05, 3.63) is 228 Å². The molecule has 0 spiro atoms. The summed E-state index contributed by atoms with van der Waals surface area (Å²) in [5.41, 5.74) is 16.3. The maximum absolute atomic E-state index is 4.25. The van der Waals surface area contributed by atoms with Crippen molar-refractivity contribution in [3.8, 4) is 11.1 Å². The van der Waals surface area contributed by atoms with Crippen LogP contribution in [-0.2, 0) is 5.41 Å². The zero-order valence-corrected chi connectivity index (χ0v) is 31.6. The van der Waals surface area contributed by atoms with Crippen molar-refractivity contribution in [2.45, 2.75) is 25.2 Å². The van der Waals surface area contributed by atoms with Crippen molar-refractivity contribution < 1.29 is 0 Å². The van der Waals surface area contributed by atoms with Crippen LogP contribution in [-0.4, -0.2) is 4.57 Å². The van der Waals surface area contributed by atoms with Crippen molar-refractivity contribution in [1.29, 1.82) is 0 Å². The van der Waals surface area contributed by atoms with Gasteiger partial charge in [0.25, 0.3) is 0 Å². The molecule has 0 saturated heterocycles. The molecule has 0 N–H and O–H groups in total. The van der Waals surface area contributed by atoms with Gasteiger partial charge in [0.1, 0.15) is 0 Å². The molecule has 0 bridgehead atoms. The topological polar surface area (TPSA) is 8.17 Å². The summed E-state index contributed by atoms with van der Waals surface area (Å²) in [6.45, 7) is 6.31. The molecule has 2 aliphatic carbocycles. The molecule has 2 aliphatic rings. The predicted octanol–water partition coefficient (Wildman–Crippen LogP) is 14.5. The molecule has 2 nitrogen and oxygen atoms in total. The molecule has 268 valence electrons. The Morgan fingerprint density at radius 1 is 0.607 bits per heavy atom. The maximum Gasteiger partial charge on any atom is 0.0714 e. The fourth-order valence-corrected chi connectivity index (χ4v) is 9.44. The summed E-state index contributed by atoms with van der Waals surface area (Å²) >= 11 is 0. The number of fused-ring (bicyclic) bond motifs is 6. The number of hydrogen-bond acceptors (Lipinski definition) is 1. The van der Waals surface area contributed by atoms with E-state index in [9.17, 15) is 0 Å². The predicted molar refractivity (Wildman–Crippen MR) is 239 cm³/mol. The molecule has 2 heteroatoms. The smallest absolute Gasteiger partial charge is 0.0714 e. The molecule has 10 rings (SSSR count). The van der Waals surface area contributed by atoms with Gasteiger partial charge in [-0.15, -0.1) is 0 Å². The number of anilines is 3. The third-order valence-corrected chi connectivity index (χ3v) is 11.7. The number of rotatable bonds is 8. The number of nitrogens with zero attached hydrogens (tertiary/aromatic N) is 2. The largest absolute Gasteiger partial charge is 0.310 e. The van der Waals surface area contributed by atoms with E-state index in [2.05, 4.69) is 217 Å². The molecule has 0 aliphatic heterocycles. The van der Waals surface area contributed by atoms with Gasteiger partial charge < -0.3 is 9.47 Å². The van der Waals surface area contributed by atoms with Gasteiger partial charge in [0.15, 0.2) is 0 Å². The van der Waals surface area contributed by atoms with Gasteiger partial charge >= 0.3 is 0 Å². The van der Waals surface area contributed by atoms with Gasteiger partial charge in [-0.1, -0.05) is 158 Å². The van der Waals surface area contributed by atoms with E-state index in [0.29, 0.717) is 0 Å². The number of hydrogen-bond donors (Lipinski definition) is 0. The Labute approximate surface area is 329 Å². The molecular weight excluding hydrogens is 677 g/mol. The summed E-state index contributed by atoms with van der Waals surface area (Å²) in [7, 11) is 0. The molecule has 8 aromatic rings. The van der Waals surface area contributed by atoms with E-state index in [-0.39, 0.29) is 0 Å². The number of allylic oxidation sites excluding steroid dienone is 5. The van der Waals surface area contributed by atoms with Crippen LogP contribution in [0.4, 0.5) is 17.1 Å². The summed E-state index contributed by atoms with van der Waals surface area (Å²) in [4.78, 5) is 2.47. The van der Waals surface area contributed by atoms with Gasteiger partial charge in [0, 0.05) is 33.4 Å². The van der Waals surface area contributed by atoms with E-state index in [1.807, 2.05) is 6.08 Å². The highest BCUT2D eigenvalue weighted by Gasteiger charge is 2.47. The van der Waals surface area contributed by atoms with Crippen molar-refractivity contribution in [2.24, 2.45) is 0 Å². The zero-order chi connectivity index (χ0) is 37.6. The SMILES string of the molecule is C=Cc1cc(N(c2ccc3c(c2)c2ccccc2n3C2=CCCC=C2)c2cccc3c2-c2ccccc2C3(c2ccccc2)c2ccccc2)ccc1/C=C\C. The highest BCUT2D eigenvalue weighted by molar-refractivity contribution is 6.12. The maximum atomic E-state index is 4.25. The van der Waals surface area contributed by atoms with Gasteiger partial charge in [0.05, 0.1) is 22.1 Å². The fourth-order valence-electron chi connectivity index (χ4n) is 9.44. The van der Waals surface area contributed by atoms with Crippen molar-refractivity contribution >= 4 is 56.7 Å². The van der Waals surface area contributed by atoms with E-state index < -0.39 is 5.41 Å². The van der Waals surface area contributed by atoms with Crippen LogP contribution in [0.2, 0.25) is 0 Å². The Bertz CT molecular complexity index is 2850. The monoisotopic (exact) mass is 718 g/mol. The quantitative estimate of drug-likeness (QED) is 0.152. The average molecular weight is 719 g/mol. The van der Waals surface area contributed by atoms with Crippen LogP contribution in [0.15, 0.2) is 195 Å². The third kappa shape index (κ3) is 5.10. The van der Waals surface area contributed by atoms with Crippen LogP contribution in [0.3, 0.4) is 0 Å². The molecule has 0 fully saturated rings. The standard InChI is InChI=1S/C54H42N2/c1-3-19-39-32-33-43(36-38(39)4-2)55(44-34-35-51-47(37-44)45-26-15-17-30-50(45)56(51)42-24-12-7-13-25-42)52-31-18-29-49-53(52)46-27-14-16-28-48(46)54(49,40-20-8-5-9-21-40)41-22-10-6-11-23-41/h3-6,8-12,14-37H,2,7,13H2,1H3/b19-3-. The Kier molecular flexibility index (Phi) is 8.26. The normalized spacial score (nSPS) is 14.2. The number of para-hydroxylation sites is 1. The molecule has 7 aromatic carbocycles. The minimum absolute atomic E-state index is 0.503. The van der Waals surface area contributed by atoms with Gasteiger partial charge in [0.2, 0.25) is 0 Å². The minimum atomic E-state index is -0.503. The first-order valence-electron chi connectivity index (χ1n) is 19.7. The first-order valence-corrected chi connectivity index (χ1v) is 19.7. The van der Waals surface area contributed by atoms with E-state index in [1.54, 1.807) is 0 Å². The summed E-state index contributed by atoms with van der Waals surface area (Å²) in [5.74, 6) is 0. The second-order valence-corrected chi connectivity index (χ2v) is 14.7. The van der Waals surface area contributed by atoms with Crippen LogP contribution in [0.5, 0.6) is 0 Å². The lowest BCUT2D eigenvalue weighted by Gasteiger charge is -2.34. The van der Waals surface area contributed by atoms with Crippen LogP contribution in [0, 0.1) is 0 Å². The molecule has 56 heavy (non-hydrogen) atoms. The second kappa shape index (κ2) is 13.7. The van der Waals surface area contributed by atoms with E-state index in [4.69, 9.17) is 0 Å². The van der Waals surface area contributed by atoms with Gasteiger partial charge in [-0.3, -0.25) is 0 Å². The molecule has 0 radical (unpaired) electrons. The van der Waals surface area contributed by atoms with Gasteiger partial charge in [-0.25, -0.2) is 0 Å². The molecule has 1 aromatic heterocycles. The first kappa shape index (κ1) is 33.7. The summed E-state index contributed by atoms with van der Waals surface area (Å²) < 4.78 is 2.43. The first-order chi connectivity index (χ1) is 27.7. The Morgan fingerprint density at radius 3 is 2.04 bits per heavy atom. The molecule has 0 amide bonds. The Morgan fingerprint density at radius 2 is 1.29 bits per heavy atom. The minimum Gasteiger partial charge on any atom is -0.310 e. The highest BCUT2D eigenvalue weighted by Crippen LogP contribution is 2.59. The highest BCUT2D eigenvalue weighted by atomic mass is 15.1. The lowest BCUT2D eigenvalue weighted by Crippen LogP contribution is -2.28. The van der Waals surface area contributed by atoms with Crippen LogP contribution >= 0.6 is 0 Å². The summed E-state index contributed by atoms with van der Waals surface area (Å²) in [6.07, 6.45) is 15.3. The van der Waals surface area contributed by atoms with Crippen LogP contribution in [0.25, 0.3) is 50.8 Å². The molecule has 0 saturated carbocycles. The fraction of sp³-hybridized carbons (Fsp3) is 0.0741. The van der Waals surface area contributed by atoms with Crippen molar-refractivity contribution in [2.75, 3.05) is 4.90 Å². The average Bonchev–Trinajstić information content (AvgIpc) is 3.76. The molecule has 0 unspecified atom stereocenters. The van der Waals surface area contributed by atoms with Crippen molar-refractivity contribution in [3.63, 3.8) is 0 Å². The second-order valence-electron chi connectivity index (χ2n) is 14.7. The van der Waals surface area contributed by atoms with E-state index >= 15 is 0 Å². The van der Waals surface area contributed by atoms with Crippen LogP contribution < -0.4 is 4.90 Å². The Balaban J connectivity index is 1.29. The van der Waals surface area contributed by atoms with E-state index in [1.165, 1.54) is 60.9 Å².